The van der Waals surface area contributed by atoms with E-state index in [1.54, 1.807) is 18.2 Å². The quantitative estimate of drug-likeness (QED) is 0.830. The fraction of sp³-hybridized carbons (Fsp3) is 0.167. The van der Waals surface area contributed by atoms with E-state index < -0.39 is 0 Å². The molecule has 0 radical (unpaired) electrons. The molecule has 0 aliphatic carbocycles. The zero-order chi connectivity index (χ0) is 13.3. The number of nitrogens with one attached hydrogen (secondary N) is 1. The van der Waals surface area contributed by atoms with Crippen LogP contribution in [0.4, 0.5) is 10.8 Å². The third-order valence-corrected chi connectivity index (χ3v) is 3.73. The number of rotatable bonds is 2. The van der Waals surface area contributed by atoms with Crippen LogP contribution in [0.1, 0.15) is 20.9 Å². The summed E-state index contributed by atoms with van der Waals surface area (Å²) in [5, 5.41) is 3.80. The lowest BCUT2D eigenvalue weighted by molar-refractivity contribution is 0.102. The minimum absolute atomic E-state index is 0.280. The van der Waals surface area contributed by atoms with Gasteiger partial charge in [0.2, 0.25) is 0 Å². The van der Waals surface area contributed by atoms with Crippen LogP contribution in [-0.2, 0) is 0 Å². The second-order valence-corrected chi connectivity index (χ2v) is 5.49. The zero-order valence-corrected chi connectivity index (χ0v) is 11.5. The third kappa shape index (κ3) is 2.63. The molecular weight excluding hydrogens is 270 g/mol. The van der Waals surface area contributed by atoms with Crippen LogP contribution >= 0.6 is 22.9 Å². The van der Waals surface area contributed by atoms with Gasteiger partial charge in [0.25, 0.3) is 5.91 Å². The fourth-order valence-electron chi connectivity index (χ4n) is 1.43. The average Bonchev–Trinajstić information content (AvgIpc) is 2.57. The molecule has 1 amide bonds. The minimum atomic E-state index is -0.280. The molecule has 1 aromatic carbocycles. The van der Waals surface area contributed by atoms with Gasteiger partial charge in [-0.1, -0.05) is 11.6 Å². The first kappa shape index (κ1) is 12.9. The Morgan fingerprint density at radius 2 is 2.17 bits per heavy atom. The molecule has 1 aromatic heterocycles. The number of aromatic nitrogens is 1. The maximum atomic E-state index is 12.0. The lowest BCUT2D eigenvalue weighted by Gasteiger charge is -2.05. The number of carbonyl (C=O) groups excluding carboxylic acids is 1. The number of nitrogens with zero attached hydrogens (tertiary/aromatic N) is 1. The van der Waals surface area contributed by atoms with E-state index in [0.29, 0.717) is 21.4 Å². The highest BCUT2D eigenvalue weighted by Gasteiger charge is 2.12. The van der Waals surface area contributed by atoms with Crippen molar-refractivity contribution in [2.45, 2.75) is 13.8 Å². The number of amides is 1. The molecular formula is C12H12ClN3OS. The first-order chi connectivity index (χ1) is 8.47. The molecule has 2 aromatic rings. The Labute approximate surface area is 114 Å². The highest BCUT2D eigenvalue weighted by molar-refractivity contribution is 7.15. The van der Waals surface area contributed by atoms with Gasteiger partial charge in [0.05, 0.1) is 11.3 Å². The standard InChI is InChI=1S/C12H12ClN3OS/c1-6-7(2)18-12(15-6)16-11(17)9-4-3-8(13)5-10(9)14/h3-5H,14H2,1-2H3,(H,15,16,17). The van der Waals surface area contributed by atoms with Crippen molar-refractivity contribution in [1.82, 2.24) is 4.98 Å². The second-order valence-electron chi connectivity index (χ2n) is 3.85. The van der Waals surface area contributed by atoms with Gasteiger partial charge in [0.1, 0.15) is 0 Å². The topological polar surface area (TPSA) is 68.0 Å². The van der Waals surface area contributed by atoms with Gasteiger partial charge in [-0.2, -0.15) is 0 Å². The second kappa shape index (κ2) is 4.96. The van der Waals surface area contributed by atoms with Crippen LogP contribution in [0.3, 0.4) is 0 Å². The molecule has 0 unspecified atom stereocenters. The molecule has 0 aliphatic heterocycles. The highest BCUT2D eigenvalue weighted by atomic mass is 35.5. The molecule has 0 saturated heterocycles. The largest absolute Gasteiger partial charge is 0.398 e. The van der Waals surface area contributed by atoms with Gasteiger partial charge in [-0.3, -0.25) is 10.1 Å². The van der Waals surface area contributed by atoms with Gasteiger partial charge >= 0.3 is 0 Å². The van der Waals surface area contributed by atoms with E-state index in [1.807, 2.05) is 13.8 Å². The molecule has 0 spiro atoms. The van der Waals surface area contributed by atoms with Crippen molar-refractivity contribution in [3.05, 3.63) is 39.4 Å². The van der Waals surface area contributed by atoms with Crippen molar-refractivity contribution < 1.29 is 4.79 Å². The van der Waals surface area contributed by atoms with Crippen LogP contribution in [0, 0.1) is 13.8 Å². The Balaban J connectivity index is 2.22. The van der Waals surface area contributed by atoms with Crippen molar-refractivity contribution >= 4 is 39.7 Å². The van der Waals surface area contributed by atoms with Gasteiger partial charge in [-0.05, 0) is 32.0 Å². The molecule has 94 valence electrons. The Morgan fingerprint density at radius 1 is 1.44 bits per heavy atom. The Morgan fingerprint density at radius 3 is 2.72 bits per heavy atom. The van der Waals surface area contributed by atoms with E-state index in [9.17, 15) is 4.79 Å². The summed E-state index contributed by atoms with van der Waals surface area (Å²) in [4.78, 5) is 17.3. The van der Waals surface area contributed by atoms with E-state index >= 15 is 0 Å². The van der Waals surface area contributed by atoms with Gasteiger partial charge in [0, 0.05) is 15.6 Å². The Hall–Kier alpha value is -1.59. The molecule has 0 saturated carbocycles. The maximum Gasteiger partial charge on any atom is 0.259 e. The number of hydrogen-bond donors (Lipinski definition) is 2. The number of nitrogen functional groups attached to an aromatic ring is 1. The summed E-state index contributed by atoms with van der Waals surface area (Å²) in [6.07, 6.45) is 0. The summed E-state index contributed by atoms with van der Waals surface area (Å²) in [6.45, 7) is 3.86. The van der Waals surface area contributed by atoms with E-state index in [-0.39, 0.29) is 5.91 Å². The molecule has 18 heavy (non-hydrogen) atoms. The van der Waals surface area contributed by atoms with Crippen LogP contribution in [0.5, 0.6) is 0 Å². The third-order valence-electron chi connectivity index (χ3n) is 2.51. The first-order valence-corrected chi connectivity index (χ1v) is 6.47. The summed E-state index contributed by atoms with van der Waals surface area (Å²) in [5.41, 5.74) is 7.41. The van der Waals surface area contributed by atoms with Crippen LogP contribution in [0.25, 0.3) is 0 Å². The van der Waals surface area contributed by atoms with Gasteiger partial charge in [-0.15, -0.1) is 11.3 Å². The molecule has 0 bridgehead atoms. The van der Waals surface area contributed by atoms with E-state index in [0.717, 1.165) is 10.6 Å². The van der Waals surface area contributed by atoms with Gasteiger partial charge < -0.3 is 5.73 Å². The van der Waals surface area contributed by atoms with E-state index in [2.05, 4.69) is 10.3 Å². The summed E-state index contributed by atoms with van der Waals surface area (Å²) in [5.74, 6) is -0.280. The summed E-state index contributed by atoms with van der Waals surface area (Å²) in [7, 11) is 0. The number of hydrogen-bond acceptors (Lipinski definition) is 4. The van der Waals surface area contributed by atoms with E-state index in [4.69, 9.17) is 17.3 Å². The SMILES string of the molecule is Cc1nc(NC(=O)c2ccc(Cl)cc2N)sc1C. The average molecular weight is 282 g/mol. The van der Waals surface area contributed by atoms with Gasteiger partial charge in [-0.25, -0.2) is 4.98 Å². The number of nitrogens with two attached hydrogens (primary N) is 1. The lowest BCUT2D eigenvalue weighted by atomic mass is 10.2. The van der Waals surface area contributed by atoms with Crippen molar-refractivity contribution in [2.24, 2.45) is 0 Å². The maximum absolute atomic E-state index is 12.0. The number of carbonyl (C=O) groups is 1. The normalized spacial score (nSPS) is 10.4. The summed E-state index contributed by atoms with van der Waals surface area (Å²) < 4.78 is 0. The van der Waals surface area contributed by atoms with Crippen LogP contribution in [0.2, 0.25) is 5.02 Å². The number of anilines is 2. The van der Waals surface area contributed by atoms with E-state index in [1.165, 1.54) is 11.3 Å². The predicted molar refractivity (Wildman–Crippen MR) is 75.4 cm³/mol. The molecule has 1 heterocycles. The molecule has 6 heteroatoms. The predicted octanol–water partition coefficient (Wildman–Crippen LogP) is 3.25. The first-order valence-electron chi connectivity index (χ1n) is 5.28. The number of thiazole rings is 1. The van der Waals surface area contributed by atoms with Crippen LogP contribution in [-0.4, -0.2) is 10.9 Å². The highest BCUT2D eigenvalue weighted by Crippen LogP contribution is 2.23. The monoisotopic (exact) mass is 281 g/mol. The van der Waals surface area contributed by atoms with Crippen molar-refractivity contribution in [2.75, 3.05) is 11.1 Å². The molecule has 0 aliphatic rings. The minimum Gasteiger partial charge on any atom is -0.398 e. The summed E-state index contributed by atoms with van der Waals surface area (Å²) >= 11 is 7.22. The molecule has 4 nitrogen and oxygen atoms in total. The number of benzene rings is 1. The van der Waals surface area contributed by atoms with Crippen LogP contribution in [0.15, 0.2) is 18.2 Å². The number of halogens is 1. The molecule has 3 N–H and O–H groups in total. The fourth-order valence-corrected chi connectivity index (χ4v) is 2.42. The Kier molecular flexibility index (Phi) is 3.54. The lowest BCUT2D eigenvalue weighted by Crippen LogP contribution is -2.13. The summed E-state index contributed by atoms with van der Waals surface area (Å²) in [6, 6.07) is 4.78. The van der Waals surface area contributed by atoms with Gasteiger partial charge in [0.15, 0.2) is 5.13 Å². The Bertz CT molecular complexity index is 590. The van der Waals surface area contributed by atoms with Crippen LogP contribution < -0.4 is 11.1 Å². The molecule has 2 rings (SSSR count). The number of aryl methyl sites for hydroxylation is 2. The van der Waals surface area contributed by atoms with Crippen molar-refractivity contribution in [3.63, 3.8) is 0 Å². The smallest absolute Gasteiger partial charge is 0.259 e. The van der Waals surface area contributed by atoms with Crippen molar-refractivity contribution in [3.8, 4) is 0 Å². The van der Waals surface area contributed by atoms with Crippen molar-refractivity contribution in [1.29, 1.82) is 0 Å². The zero-order valence-electron chi connectivity index (χ0n) is 9.95. The molecule has 0 atom stereocenters. The molecule has 0 fully saturated rings.